The highest BCUT2D eigenvalue weighted by atomic mass is 32.2. The van der Waals surface area contributed by atoms with Crippen LogP contribution < -0.4 is 10.5 Å². The van der Waals surface area contributed by atoms with Gasteiger partial charge in [0.05, 0.1) is 11.0 Å². The standard InChI is InChI=1S/C6H14N2O3S2/c1-5(12)6(9)8-3-2-4-13(7,10)11/h5,12H,2-4H2,1H3,(H,8,9)(H2,7,10,11). The van der Waals surface area contributed by atoms with E-state index in [-0.39, 0.29) is 16.9 Å². The predicted molar refractivity (Wildman–Crippen MR) is 54.0 cm³/mol. The number of primary sulfonamides is 1. The van der Waals surface area contributed by atoms with Crippen LogP contribution in [0, 0.1) is 0 Å². The van der Waals surface area contributed by atoms with Gasteiger partial charge >= 0.3 is 0 Å². The third-order valence-corrected chi connectivity index (χ3v) is 2.38. The zero-order valence-corrected chi connectivity index (χ0v) is 9.07. The Morgan fingerprint density at radius 3 is 2.54 bits per heavy atom. The molecule has 0 aliphatic carbocycles. The summed E-state index contributed by atoms with van der Waals surface area (Å²) in [5, 5.41) is 6.90. The predicted octanol–water partition coefficient (Wildman–Crippen LogP) is -0.900. The number of thiol groups is 1. The van der Waals surface area contributed by atoms with Crippen LogP contribution in [0.25, 0.3) is 0 Å². The largest absolute Gasteiger partial charge is 0.355 e. The first-order valence-corrected chi connectivity index (χ1v) is 6.02. The quantitative estimate of drug-likeness (QED) is 0.419. The molecule has 0 aliphatic heterocycles. The molecule has 0 radical (unpaired) electrons. The Morgan fingerprint density at radius 2 is 2.15 bits per heavy atom. The first-order valence-electron chi connectivity index (χ1n) is 3.79. The molecule has 78 valence electrons. The number of carbonyl (C=O) groups excluding carboxylic acids is 1. The molecule has 0 saturated heterocycles. The summed E-state index contributed by atoms with van der Waals surface area (Å²) in [4.78, 5) is 10.9. The highest BCUT2D eigenvalue weighted by Crippen LogP contribution is 1.91. The molecule has 5 nitrogen and oxygen atoms in total. The van der Waals surface area contributed by atoms with Crippen LogP contribution in [0.1, 0.15) is 13.3 Å². The summed E-state index contributed by atoms with van der Waals surface area (Å²) < 4.78 is 20.9. The molecule has 0 aromatic heterocycles. The van der Waals surface area contributed by atoms with Crippen molar-refractivity contribution in [1.82, 2.24) is 5.32 Å². The molecule has 0 spiro atoms. The van der Waals surface area contributed by atoms with Gasteiger partial charge in [0, 0.05) is 6.54 Å². The van der Waals surface area contributed by atoms with Gasteiger partial charge in [-0.1, -0.05) is 0 Å². The molecule has 0 bridgehead atoms. The molecule has 0 saturated carbocycles. The number of hydrogen-bond donors (Lipinski definition) is 3. The normalized spacial score (nSPS) is 13.8. The summed E-state index contributed by atoms with van der Waals surface area (Å²) in [5.74, 6) is -0.327. The van der Waals surface area contributed by atoms with E-state index < -0.39 is 10.0 Å². The van der Waals surface area contributed by atoms with Crippen LogP contribution in [0.4, 0.5) is 0 Å². The Balaban J connectivity index is 3.53. The summed E-state index contributed by atoms with van der Waals surface area (Å²) in [7, 11) is -3.41. The van der Waals surface area contributed by atoms with Crippen LogP contribution in [0.2, 0.25) is 0 Å². The van der Waals surface area contributed by atoms with E-state index in [4.69, 9.17) is 5.14 Å². The number of rotatable bonds is 5. The van der Waals surface area contributed by atoms with E-state index in [2.05, 4.69) is 17.9 Å². The summed E-state index contributed by atoms with van der Waals surface area (Å²) in [5.41, 5.74) is 0. The van der Waals surface area contributed by atoms with Crippen molar-refractivity contribution >= 4 is 28.6 Å². The van der Waals surface area contributed by atoms with Crippen LogP contribution in [-0.2, 0) is 14.8 Å². The molecule has 1 unspecified atom stereocenters. The number of nitrogens with one attached hydrogen (secondary N) is 1. The summed E-state index contributed by atoms with van der Waals surface area (Å²) in [6.07, 6.45) is 0.324. The molecule has 1 atom stereocenters. The average molecular weight is 226 g/mol. The Kier molecular flexibility index (Phi) is 5.34. The van der Waals surface area contributed by atoms with E-state index in [1.807, 2.05) is 0 Å². The van der Waals surface area contributed by atoms with Crippen LogP contribution >= 0.6 is 12.6 Å². The highest BCUT2D eigenvalue weighted by molar-refractivity contribution is 7.89. The van der Waals surface area contributed by atoms with Crippen molar-refractivity contribution in [3.63, 3.8) is 0 Å². The van der Waals surface area contributed by atoms with Gasteiger partial charge in [-0.15, -0.1) is 0 Å². The smallest absolute Gasteiger partial charge is 0.232 e. The van der Waals surface area contributed by atoms with Gasteiger partial charge < -0.3 is 5.32 Å². The van der Waals surface area contributed by atoms with Gasteiger partial charge in [0.15, 0.2) is 0 Å². The minimum absolute atomic E-state index is 0.117. The van der Waals surface area contributed by atoms with Gasteiger partial charge in [0.1, 0.15) is 0 Å². The van der Waals surface area contributed by atoms with Gasteiger partial charge in [0.25, 0.3) is 0 Å². The Labute approximate surface area is 83.5 Å². The molecule has 0 aromatic carbocycles. The van der Waals surface area contributed by atoms with Gasteiger partial charge in [-0.2, -0.15) is 12.6 Å². The van der Waals surface area contributed by atoms with Crippen LogP contribution in [-0.4, -0.2) is 31.9 Å². The molecule has 3 N–H and O–H groups in total. The molecule has 13 heavy (non-hydrogen) atoms. The average Bonchev–Trinajstić information content (AvgIpc) is 1.95. The molecule has 0 aromatic rings. The molecule has 0 fully saturated rings. The molecule has 7 heteroatoms. The lowest BCUT2D eigenvalue weighted by Crippen LogP contribution is -2.31. The van der Waals surface area contributed by atoms with Crippen molar-refractivity contribution in [3.05, 3.63) is 0 Å². The maximum Gasteiger partial charge on any atom is 0.232 e. The van der Waals surface area contributed by atoms with E-state index in [1.54, 1.807) is 6.92 Å². The third-order valence-electron chi connectivity index (χ3n) is 1.28. The fraction of sp³-hybridized carbons (Fsp3) is 0.833. The summed E-state index contributed by atoms with van der Waals surface area (Å²) in [6, 6.07) is 0. The SMILES string of the molecule is CC(S)C(=O)NCCCS(N)(=O)=O. The number of amides is 1. The summed E-state index contributed by atoms with van der Waals surface area (Å²) >= 11 is 3.90. The van der Waals surface area contributed by atoms with Crippen molar-refractivity contribution < 1.29 is 13.2 Å². The van der Waals surface area contributed by atoms with E-state index >= 15 is 0 Å². The van der Waals surface area contributed by atoms with Gasteiger partial charge in [-0.25, -0.2) is 13.6 Å². The second-order valence-electron chi connectivity index (χ2n) is 2.69. The van der Waals surface area contributed by atoms with E-state index in [0.717, 1.165) is 0 Å². The second-order valence-corrected chi connectivity index (χ2v) is 5.20. The molecule has 1 amide bonds. The Bertz CT molecular complexity index is 261. The molecular formula is C6H14N2O3S2. The maximum atomic E-state index is 10.9. The fourth-order valence-electron chi connectivity index (χ4n) is 0.633. The zero-order chi connectivity index (χ0) is 10.5. The lowest BCUT2D eigenvalue weighted by molar-refractivity contribution is -0.120. The second kappa shape index (κ2) is 5.46. The van der Waals surface area contributed by atoms with Crippen LogP contribution in [0.15, 0.2) is 0 Å². The van der Waals surface area contributed by atoms with Crippen molar-refractivity contribution in [2.24, 2.45) is 5.14 Å². The number of carbonyl (C=O) groups is 1. The number of nitrogens with two attached hydrogens (primary N) is 1. The zero-order valence-electron chi connectivity index (χ0n) is 7.36. The van der Waals surface area contributed by atoms with E-state index in [1.165, 1.54) is 0 Å². The van der Waals surface area contributed by atoms with E-state index in [9.17, 15) is 13.2 Å². The number of hydrogen-bond acceptors (Lipinski definition) is 4. The van der Waals surface area contributed by atoms with Crippen molar-refractivity contribution in [2.45, 2.75) is 18.6 Å². The first kappa shape index (κ1) is 12.7. The fourth-order valence-corrected chi connectivity index (χ4v) is 1.27. The van der Waals surface area contributed by atoms with Gasteiger partial charge in [0.2, 0.25) is 15.9 Å². The maximum absolute atomic E-state index is 10.9. The Morgan fingerprint density at radius 1 is 1.62 bits per heavy atom. The van der Waals surface area contributed by atoms with Crippen LogP contribution in [0.3, 0.4) is 0 Å². The molecule has 0 rings (SSSR count). The topological polar surface area (TPSA) is 89.3 Å². The van der Waals surface area contributed by atoms with E-state index in [0.29, 0.717) is 13.0 Å². The minimum Gasteiger partial charge on any atom is -0.355 e. The first-order chi connectivity index (χ1) is 5.83. The van der Waals surface area contributed by atoms with Gasteiger partial charge in [-0.05, 0) is 13.3 Å². The monoisotopic (exact) mass is 226 g/mol. The highest BCUT2D eigenvalue weighted by Gasteiger charge is 2.07. The minimum atomic E-state index is -3.41. The molecular weight excluding hydrogens is 212 g/mol. The van der Waals surface area contributed by atoms with Gasteiger partial charge in [-0.3, -0.25) is 4.79 Å². The Hall–Kier alpha value is -0.270. The van der Waals surface area contributed by atoms with Crippen molar-refractivity contribution in [3.8, 4) is 0 Å². The lowest BCUT2D eigenvalue weighted by atomic mass is 10.4. The lowest BCUT2D eigenvalue weighted by Gasteiger charge is -2.05. The van der Waals surface area contributed by atoms with Crippen molar-refractivity contribution in [1.29, 1.82) is 0 Å². The number of sulfonamides is 1. The molecule has 0 aliphatic rings. The third kappa shape index (κ3) is 8.07. The summed E-state index contributed by atoms with van der Waals surface area (Å²) in [6.45, 7) is 1.94. The molecule has 0 heterocycles. The van der Waals surface area contributed by atoms with Crippen molar-refractivity contribution in [2.75, 3.05) is 12.3 Å². The van der Waals surface area contributed by atoms with Crippen LogP contribution in [0.5, 0.6) is 0 Å².